The topological polar surface area (TPSA) is 27.7 Å². The molecule has 0 aromatic heterocycles. The Morgan fingerprint density at radius 2 is 1.46 bits per heavy atom. The van der Waals surface area contributed by atoms with Crippen LogP contribution < -0.4 is 4.74 Å². The Hall–Kier alpha value is -2.83. The molecule has 1 aliphatic rings. The van der Waals surface area contributed by atoms with Gasteiger partial charge >= 0.3 is 0 Å². The number of ether oxygens (including phenoxy) is 3. The summed E-state index contributed by atoms with van der Waals surface area (Å²) in [7, 11) is 0. The van der Waals surface area contributed by atoms with Crippen LogP contribution in [0.2, 0.25) is 0 Å². The maximum Gasteiger partial charge on any atom is 0.201 e. The van der Waals surface area contributed by atoms with E-state index in [0.717, 1.165) is 6.42 Å². The summed E-state index contributed by atoms with van der Waals surface area (Å²) in [5.74, 6) is -2.13. The van der Waals surface area contributed by atoms with E-state index in [0.29, 0.717) is 41.4 Å². The van der Waals surface area contributed by atoms with Crippen molar-refractivity contribution in [3.63, 3.8) is 0 Å². The van der Waals surface area contributed by atoms with E-state index in [4.69, 9.17) is 14.2 Å². The van der Waals surface area contributed by atoms with Gasteiger partial charge in [0, 0.05) is 22.6 Å². The molecule has 3 nitrogen and oxygen atoms in total. The average Bonchev–Trinajstić information content (AvgIpc) is 2.88. The lowest BCUT2D eigenvalue weighted by atomic mass is 9.98. The molecule has 186 valence electrons. The molecule has 3 aromatic rings. The van der Waals surface area contributed by atoms with E-state index < -0.39 is 23.7 Å². The quantitative estimate of drug-likeness (QED) is 0.287. The molecule has 35 heavy (non-hydrogen) atoms. The molecule has 0 radical (unpaired) electrons. The van der Waals surface area contributed by atoms with Crippen molar-refractivity contribution in [2.24, 2.45) is 5.92 Å². The molecule has 4 rings (SSSR count). The number of benzene rings is 3. The molecule has 1 heterocycles. The van der Waals surface area contributed by atoms with Gasteiger partial charge in [0.2, 0.25) is 5.82 Å². The van der Waals surface area contributed by atoms with Crippen molar-refractivity contribution < 1.29 is 27.4 Å². The van der Waals surface area contributed by atoms with Gasteiger partial charge in [-0.1, -0.05) is 62.6 Å². The van der Waals surface area contributed by atoms with Gasteiger partial charge in [0.15, 0.2) is 17.9 Å². The Morgan fingerprint density at radius 1 is 0.800 bits per heavy atom. The minimum absolute atomic E-state index is 0.118. The number of hydrogen-bond donors (Lipinski definition) is 0. The zero-order valence-electron chi connectivity index (χ0n) is 20.2. The first-order valence-electron chi connectivity index (χ1n) is 12.3. The summed E-state index contributed by atoms with van der Waals surface area (Å²) in [6, 6.07) is 14.5. The SMILES string of the molecule is CCCCCC1COC(c2ccc(-c3ccc(-c4ccc(OCC)c(F)c4F)cc3)c(F)c2)OC1. The van der Waals surface area contributed by atoms with Gasteiger partial charge in [-0.3, -0.25) is 0 Å². The third-order valence-corrected chi connectivity index (χ3v) is 6.30. The number of unbranched alkanes of at least 4 members (excludes halogenated alkanes) is 2. The maximum absolute atomic E-state index is 15.0. The van der Waals surface area contributed by atoms with E-state index in [2.05, 4.69) is 6.92 Å². The molecule has 3 aromatic carbocycles. The molecule has 0 N–H and O–H groups in total. The van der Waals surface area contributed by atoms with Crippen LogP contribution in [0.15, 0.2) is 54.6 Å². The predicted molar refractivity (Wildman–Crippen MR) is 131 cm³/mol. The summed E-state index contributed by atoms with van der Waals surface area (Å²) in [5.41, 5.74) is 2.29. The highest BCUT2D eigenvalue weighted by Crippen LogP contribution is 2.34. The Labute approximate surface area is 204 Å². The Kier molecular flexibility index (Phi) is 8.47. The first-order chi connectivity index (χ1) is 17.0. The molecular formula is C29H31F3O3. The minimum Gasteiger partial charge on any atom is -0.491 e. The molecular weight excluding hydrogens is 453 g/mol. The van der Waals surface area contributed by atoms with Crippen LogP contribution >= 0.6 is 0 Å². The summed E-state index contributed by atoms with van der Waals surface area (Å²) in [5, 5.41) is 0. The second-order valence-corrected chi connectivity index (χ2v) is 8.85. The minimum atomic E-state index is -1.02. The lowest BCUT2D eigenvalue weighted by Crippen LogP contribution is -2.27. The van der Waals surface area contributed by atoms with Crippen molar-refractivity contribution in [1.82, 2.24) is 0 Å². The molecule has 6 heteroatoms. The monoisotopic (exact) mass is 484 g/mol. The fourth-order valence-corrected chi connectivity index (χ4v) is 4.35. The van der Waals surface area contributed by atoms with Gasteiger partial charge in [-0.05, 0) is 42.7 Å². The van der Waals surface area contributed by atoms with Gasteiger partial charge in [0.25, 0.3) is 0 Å². The van der Waals surface area contributed by atoms with Crippen LogP contribution in [0.5, 0.6) is 5.75 Å². The van der Waals surface area contributed by atoms with Crippen molar-refractivity contribution >= 4 is 0 Å². The van der Waals surface area contributed by atoms with Crippen molar-refractivity contribution in [3.05, 3.63) is 77.6 Å². The highest BCUT2D eigenvalue weighted by Gasteiger charge is 2.24. The van der Waals surface area contributed by atoms with Gasteiger partial charge in [0.05, 0.1) is 19.8 Å². The Morgan fingerprint density at radius 3 is 2.09 bits per heavy atom. The number of hydrogen-bond acceptors (Lipinski definition) is 3. The summed E-state index contributed by atoms with van der Waals surface area (Å²) in [4.78, 5) is 0. The fraction of sp³-hybridized carbons (Fsp3) is 0.379. The summed E-state index contributed by atoms with van der Waals surface area (Å²) >= 11 is 0. The van der Waals surface area contributed by atoms with Crippen molar-refractivity contribution in [2.45, 2.75) is 45.8 Å². The van der Waals surface area contributed by atoms with E-state index in [1.54, 1.807) is 43.3 Å². The standard InChI is InChI=1S/C29H31F3O3/c1-3-5-6-7-19-17-34-29(35-18-19)22-12-13-23(25(30)16-22)20-8-10-21(11-9-20)24-14-15-26(33-4-2)28(32)27(24)31/h8-16,19,29H,3-7,17-18H2,1-2H3. The predicted octanol–water partition coefficient (Wildman–Crippen LogP) is 8.08. The van der Waals surface area contributed by atoms with Crippen LogP contribution in [-0.4, -0.2) is 19.8 Å². The molecule has 0 atom stereocenters. The van der Waals surface area contributed by atoms with Crippen LogP contribution in [-0.2, 0) is 9.47 Å². The third kappa shape index (κ3) is 5.88. The first kappa shape index (κ1) is 25.3. The number of rotatable bonds is 9. The molecule has 0 aliphatic carbocycles. The van der Waals surface area contributed by atoms with Crippen molar-refractivity contribution in [2.75, 3.05) is 19.8 Å². The molecule has 1 saturated heterocycles. The smallest absolute Gasteiger partial charge is 0.201 e. The van der Waals surface area contributed by atoms with Gasteiger partial charge in [0.1, 0.15) is 5.82 Å². The molecule has 1 fully saturated rings. The normalized spacial score (nSPS) is 18.0. The van der Waals surface area contributed by atoms with Crippen LogP contribution in [0, 0.1) is 23.4 Å². The van der Waals surface area contributed by atoms with Crippen LogP contribution in [0.4, 0.5) is 13.2 Å². The molecule has 0 amide bonds. The molecule has 0 unspecified atom stereocenters. The van der Waals surface area contributed by atoms with Crippen molar-refractivity contribution in [1.29, 1.82) is 0 Å². The van der Waals surface area contributed by atoms with E-state index in [-0.39, 0.29) is 17.9 Å². The summed E-state index contributed by atoms with van der Waals surface area (Å²) in [6.45, 7) is 5.35. The average molecular weight is 485 g/mol. The highest BCUT2D eigenvalue weighted by atomic mass is 19.2. The van der Waals surface area contributed by atoms with Crippen LogP contribution in [0.25, 0.3) is 22.3 Å². The lowest BCUT2D eigenvalue weighted by molar-refractivity contribution is -0.206. The van der Waals surface area contributed by atoms with Gasteiger partial charge in [-0.15, -0.1) is 0 Å². The second kappa shape index (κ2) is 11.7. The lowest BCUT2D eigenvalue weighted by Gasteiger charge is -2.29. The summed E-state index contributed by atoms with van der Waals surface area (Å²) < 4.78 is 60.6. The zero-order valence-corrected chi connectivity index (χ0v) is 20.2. The third-order valence-electron chi connectivity index (χ3n) is 6.30. The van der Waals surface area contributed by atoms with Gasteiger partial charge < -0.3 is 14.2 Å². The molecule has 0 bridgehead atoms. The van der Waals surface area contributed by atoms with Gasteiger partial charge in [-0.2, -0.15) is 4.39 Å². The summed E-state index contributed by atoms with van der Waals surface area (Å²) in [6.07, 6.45) is 4.07. The second-order valence-electron chi connectivity index (χ2n) is 8.85. The van der Waals surface area contributed by atoms with Crippen LogP contribution in [0.1, 0.15) is 51.4 Å². The van der Waals surface area contributed by atoms with E-state index >= 15 is 0 Å². The largest absolute Gasteiger partial charge is 0.491 e. The fourth-order valence-electron chi connectivity index (χ4n) is 4.35. The Bertz CT molecular complexity index is 1120. The first-order valence-corrected chi connectivity index (χ1v) is 12.3. The van der Waals surface area contributed by atoms with E-state index in [9.17, 15) is 13.2 Å². The van der Waals surface area contributed by atoms with Crippen LogP contribution in [0.3, 0.4) is 0 Å². The number of halogens is 3. The molecule has 0 saturated carbocycles. The zero-order chi connectivity index (χ0) is 24.8. The van der Waals surface area contributed by atoms with E-state index in [1.807, 2.05) is 0 Å². The highest BCUT2D eigenvalue weighted by molar-refractivity contribution is 5.71. The van der Waals surface area contributed by atoms with Crippen molar-refractivity contribution in [3.8, 4) is 28.0 Å². The Balaban J connectivity index is 1.45. The van der Waals surface area contributed by atoms with Gasteiger partial charge in [-0.25, -0.2) is 8.78 Å². The maximum atomic E-state index is 15.0. The molecule has 0 spiro atoms. The van der Waals surface area contributed by atoms with E-state index in [1.165, 1.54) is 37.5 Å². The molecule has 1 aliphatic heterocycles.